The first-order valence-corrected chi connectivity index (χ1v) is 12.9. The van der Waals surface area contributed by atoms with Crippen molar-refractivity contribution < 1.29 is 13.2 Å². The van der Waals surface area contributed by atoms with Crippen molar-refractivity contribution in [3.05, 3.63) is 46.9 Å². The van der Waals surface area contributed by atoms with Crippen LogP contribution in [0.15, 0.2) is 29.3 Å². The molecular formula is C24H30N4O3S. The van der Waals surface area contributed by atoms with Gasteiger partial charge < -0.3 is 9.47 Å². The van der Waals surface area contributed by atoms with Gasteiger partial charge in [-0.25, -0.2) is 18.4 Å². The number of ketones is 1. The van der Waals surface area contributed by atoms with E-state index < -0.39 is 9.84 Å². The first-order chi connectivity index (χ1) is 15.0. The van der Waals surface area contributed by atoms with Crippen LogP contribution in [0.3, 0.4) is 0 Å². The maximum Gasteiger partial charge on any atom is 0.226 e. The first kappa shape index (κ1) is 22.5. The number of carbonyl (C=O) groups excluding carboxylic acids is 1. The molecule has 0 bridgehead atoms. The molecule has 170 valence electrons. The third kappa shape index (κ3) is 3.70. The van der Waals surface area contributed by atoms with Gasteiger partial charge in [0.2, 0.25) is 5.95 Å². The molecule has 7 nitrogen and oxygen atoms in total. The quantitative estimate of drug-likeness (QED) is 0.539. The molecule has 3 aromatic rings. The number of anilines is 1. The van der Waals surface area contributed by atoms with E-state index >= 15 is 0 Å². The van der Waals surface area contributed by atoms with Gasteiger partial charge in [-0.3, -0.25) is 4.79 Å². The SMILES string of the molecule is CCc1cc2cc3n(c2cc1S(C)(=O)=O)CCN(c1ncc(C(C)=O)c(C)n1)C3C(C)C. The summed E-state index contributed by atoms with van der Waals surface area (Å²) in [4.78, 5) is 23.6. The van der Waals surface area contributed by atoms with Gasteiger partial charge >= 0.3 is 0 Å². The van der Waals surface area contributed by atoms with E-state index in [1.807, 2.05) is 26.0 Å². The third-order valence-electron chi connectivity index (χ3n) is 6.33. The second kappa shape index (κ2) is 7.99. The van der Waals surface area contributed by atoms with Crippen molar-refractivity contribution in [3.63, 3.8) is 0 Å². The molecule has 0 radical (unpaired) electrons. The summed E-state index contributed by atoms with van der Waals surface area (Å²) in [5.41, 5.74) is 4.15. The number of hydrogen-bond donors (Lipinski definition) is 0. The van der Waals surface area contributed by atoms with Crippen LogP contribution in [0, 0.1) is 12.8 Å². The number of hydrogen-bond acceptors (Lipinski definition) is 6. The van der Waals surface area contributed by atoms with E-state index in [2.05, 4.69) is 39.3 Å². The summed E-state index contributed by atoms with van der Waals surface area (Å²) >= 11 is 0. The van der Waals surface area contributed by atoms with Crippen LogP contribution in [-0.2, 0) is 22.8 Å². The molecule has 1 aliphatic heterocycles. The minimum absolute atomic E-state index is 0.0329. The fraction of sp³-hybridized carbons (Fsp3) is 0.458. The predicted octanol–water partition coefficient (Wildman–Crippen LogP) is 4.13. The molecule has 2 aromatic heterocycles. The number of rotatable bonds is 5. The fourth-order valence-corrected chi connectivity index (χ4v) is 5.85. The Bertz CT molecular complexity index is 1320. The summed E-state index contributed by atoms with van der Waals surface area (Å²) < 4.78 is 27.0. The number of aryl methyl sites for hydroxylation is 2. The molecule has 3 heterocycles. The normalized spacial score (nSPS) is 16.6. The molecule has 4 rings (SSSR count). The zero-order chi connectivity index (χ0) is 23.4. The number of sulfone groups is 1. The Morgan fingerprint density at radius 1 is 1.22 bits per heavy atom. The lowest BCUT2D eigenvalue weighted by molar-refractivity contribution is 0.101. The monoisotopic (exact) mass is 454 g/mol. The maximum atomic E-state index is 12.4. The molecule has 0 N–H and O–H groups in total. The summed E-state index contributed by atoms with van der Waals surface area (Å²) in [6.45, 7) is 11.1. The van der Waals surface area contributed by atoms with Crippen molar-refractivity contribution in [3.8, 4) is 0 Å². The van der Waals surface area contributed by atoms with E-state index in [0.29, 0.717) is 41.6 Å². The highest BCUT2D eigenvalue weighted by atomic mass is 32.2. The summed E-state index contributed by atoms with van der Waals surface area (Å²) in [5, 5.41) is 1.06. The highest BCUT2D eigenvalue weighted by molar-refractivity contribution is 7.90. The zero-order valence-electron chi connectivity index (χ0n) is 19.5. The van der Waals surface area contributed by atoms with Crippen LogP contribution < -0.4 is 4.90 Å². The summed E-state index contributed by atoms with van der Waals surface area (Å²) in [6, 6.07) is 6.06. The van der Waals surface area contributed by atoms with Crippen molar-refractivity contribution >= 4 is 32.5 Å². The van der Waals surface area contributed by atoms with Crippen molar-refractivity contribution in [2.75, 3.05) is 17.7 Å². The Balaban J connectivity index is 1.86. The van der Waals surface area contributed by atoms with E-state index in [1.165, 1.54) is 13.2 Å². The Hall–Kier alpha value is -2.74. The highest BCUT2D eigenvalue weighted by Crippen LogP contribution is 2.39. The standard InChI is InChI=1S/C24H30N4O3S/c1-7-17-10-18-11-21-23(14(2)3)28(24-25-13-19(16(5)29)15(4)26-24)9-8-27(21)20(18)12-22(17)32(6,30)31/h10-14,23H,7-9H2,1-6H3. The number of Topliss-reactive ketones (excluding diaryl/α,β-unsaturated/α-hetero) is 1. The number of carbonyl (C=O) groups is 1. The third-order valence-corrected chi connectivity index (χ3v) is 7.51. The second-order valence-electron chi connectivity index (χ2n) is 8.97. The number of nitrogens with zero attached hydrogens (tertiary/aromatic N) is 4. The van der Waals surface area contributed by atoms with Crippen LogP contribution in [0.5, 0.6) is 0 Å². The van der Waals surface area contributed by atoms with Crippen molar-refractivity contribution in [2.45, 2.75) is 58.5 Å². The van der Waals surface area contributed by atoms with Gasteiger partial charge in [-0.05, 0) is 49.9 Å². The second-order valence-corrected chi connectivity index (χ2v) is 11.0. The van der Waals surface area contributed by atoms with Crippen LogP contribution in [0.25, 0.3) is 10.9 Å². The van der Waals surface area contributed by atoms with Gasteiger partial charge in [-0.2, -0.15) is 0 Å². The smallest absolute Gasteiger partial charge is 0.226 e. The zero-order valence-corrected chi connectivity index (χ0v) is 20.3. The minimum Gasteiger partial charge on any atom is -0.341 e. The Morgan fingerprint density at radius 2 is 1.94 bits per heavy atom. The molecule has 1 aliphatic rings. The molecule has 8 heteroatoms. The molecular weight excluding hydrogens is 424 g/mol. The van der Waals surface area contributed by atoms with Crippen LogP contribution in [0.1, 0.15) is 61.0 Å². The van der Waals surface area contributed by atoms with Crippen molar-refractivity contribution in [1.82, 2.24) is 14.5 Å². The lowest BCUT2D eigenvalue weighted by atomic mass is 9.97. The van der Waals surface area contributed by atoms with E-state index in [4.69, 9.17) is 0 Å². The van der Waals surface area contributed by atoms with Gasteiger partial charge in [0.1, 0.15) is 0 Å². The lowest BCUT2D eigenvalue weighted by Crippen LogP contribution is -2.41. The number of benzene rings is 1. The van der Waals surface area contributed by atoms with E-state index in [-0.39, 0.29) is 17.7 Å². The molecule has 1 atom stereocenters. The molecule has 0 saturated heterocycles. The molecule has 0 fully saturated rings. The highest BCUT2D eigenvalue weighted by Gasteiger charge is 2.33. The van der Waals surface area contributed by atoms with E-state index in [9.17, 15) is 13.2 Å². The number of fused-ring (bicyclic) bond motifs is 3. The Kier molecular flexibility index (Phi) is 5.61. The molecule has 0 saturated carbocycles. The van der Waals surface area contributed by atoms with Crippen LogP contribution in [0.4, 0.5) is 5.95 Å². The summed E-state index contributed by atoms with van der Waals surface area (Å²) in [7, 11) is -3.31. The van der Waals surface area contributed by atoms with Gasteiger partial charge in [0.15, 0.2) is 15.6 Å². The topological polar surface area (TPSA) is 85.2 Å². The molecule has 1 aromatic carbocycles. The van der Waals surface area contributed by atoms with E-state index in [0.717, 1.165) is 22.2 Å². The predicted molar refractivity (Wildman–Crippen MR) is 126 cm³/mol. The molecule has 0 aliphatic carbocycles. The minimum atomic E-state index is -3.31. The largest absolute Gasteiger partial charge is 0.341 e. The Morgan fingerprint density at radius 3 is 2.50 bits per heavy atom. The van der Waals surface area contributed by atoms with Gasteiger partial charge in [-0.15, -0.1) is 0 Å². The van der Waals surface area contributed by atoms with Crippen molar-refractivity contribution in [2.24, 2.45) is 5.92 Å². The van der Waals surface area contributed by atoms with Crippen LogP contribution in [0.2, 0.25) is 0 Å². The van der Waals surface area contributed by atoms with Gasteiger partial charge in [0.25, 0.3) is 0 Å². The van der Waals surface area contributed by atoms with E-state index in [1.54, 1.807) is 6.20 Å². The maximum absolute atomic E-state index is 12.4. The average molecular weight is 455 g/mol. The lowest BCUT2D eigenvalue weighted by Gasteiger charge is -2.39. The van der Waals surface area contributed by atoms with Crippen molar-refractivity contribution in [1.29, 1.82) is 0 Å². The molecule has 0 spiro atoms. The van der Waals surface area contributed by atoms with Gasteiger partial charge in [0.05, 0.1) is 22.2 Å². The summed E-state index contributed by atoms with van der Waals surface area (Å²) in [6.07, 6.45) is 3.55. The number of aromatic nitrogens is 3. The van der Waals surface area contributed by atoms with Crippen LogP contribution >= 0.6 is 0 Å². The van der Waals surface area contributed by atoms with Crippen LogP contribution in [-0.4, -0.2) is 41.5 Å². The molecule has 32 heavy (non-hydrogen) atoms. The fourth-order valence-electron chi connectivity index (χ4n) is 4.85. The first-order valence-electron chi connectivity index (χ1n) is 11.0. The average Bonchev–Trinajstić information content (AvgIpc) is 3.08. The van der Waals surface area contributed by atoms with Gasteiger partial charge in [0, 0.05) is 42.1 Å². The Labute approximate surface area is 189 Å². The molecule has 0 amide bonds. The van der Waals surface area contributed by atoms with Gasteiger partial charge in [-0.1, -0.05) is 20.8 Å². The summed E-state index contributed by atoms with van der Waals surface area (Å²) in [5.74, 6) is 0.852. The molecule has 1 unspecified atom stereocenters.